The Labute approximate surface area is 91.6 Å². The Morgan fingerprint density at radius 2 is 1.88 bits per heavy atom. The topological polar surface area (TPSA) is 38.3 Å². The quantitative estimate of drug-likeness (QED) is 0.654. The first-order chi connectivity index (χ1) is 7.01. The number of alkyl halides is 3. The Bertz CT molecular complexity index is 314. The number of amides is 1. The van der Waals surface area contributed by atoms with Gasteiger partial charge in [0.05, 0.1) is 6.61 Å². The molecule has 0 spiro atoms. The molecule has 1 aliphatic heterocycles. The summed E-state index contributed by atoms with van der Waals surface area (Å²) >= 11 is 0. The Morgan fingerprint density at radius 1 is 1.38 bits per heavy atom. The molecule has 0 aromatic heterocycles. The van der Waals surface area contributed by atoms with E-state index in [0.29, 0.717) is 0 Å². The van der Waals surface area contributed by atoms with Crippen molar-refractivity contribution in [3.8, 4) is 0 Å². The molecule has 1 N–H and O–H groups in total. The number of carbonyl (C=O) groups excluding carboxylic acids is 1. The highest BCUT2D eigenvalue weighted by molar-refractivity contribution is 5.94. The van der Waals surface area contributed by atoms with Crippen molar-refractivity contribution < 1.29 is 22.7 Å². The van der Waals surface area contributed by atoms with Crippen LogP contribution in [0.5, 0.6) is 0 Å². The summed E-state index contributed by atoms with van der Waals surface area (Å²) in [4.78, 5) is 11.3. The third-order valence-electron chi connectivity index (χ3n) is 2.53. The van der Waals surface area contributed by atoms with Gasteiger partial charge in [-0.1, -0.05) is 27.4 Å². The second-order valence-electron chi connectivity index (χ2n) is 4.78. The zero-order chi connectivity index (χ0) is 12.8. The normalized spacial score (nSPS) is 27.9. The molecule has 0 bridgehead atoms. The number of ether oxygens (including phenoxy) is 1. The van der Waals surface area contributed by atoms with Crippen LogP contribution in [0.1, 0.15) is 20.8 Å². The fraction of sp³-hybridized carbons (Fsp3) is 0.700. The van der Waals surface area contributed by atoms with Crippen LogP contribution in [0.15, 0.2) is 12.2 Å². The Kier molecular flexibility index (Phi) is 2.83. The lowest BCUT2D eigenvalue weighted by Gasteiger charge is -2.47. The molecule has 1 aliphatic rings. The van der Waals surface area contributed by atoms with Crippen LogP contribution < -0.4 is 5.32 Å². The third-order valence-corrected chi connectivity index (χ3v) is 2.53. The molecule has 0 saturated carbocycles. The summed E-state index contributed by atoms with van der Waals surface area (Å²) in [5, 5.41) is 1.87. The molecule has 1 atom stereocenters. The van der Waals surface area contributed by atoms with Crippen molar-refractivity contribution in [1.82, 2.24) is 5.32 Å². The van der Waals surface area contributed by atoms with Gasteiger partial charge in [-0.15, -0.1) is 0 Å². The second kappa shape index (κ2) is 3.48. The molecule has 0 radical (unpaired) electrons. The number of hydrogen-bond donors (Lipinski definition) is 1. The van der Waals surface area contributed by atoms with Gasteiger partial charge in [-0.25, -0.2) is 0 Å². The van der Waals surface area contributed by atoms with Gasteiger partial charge >= 0.3 is 6.18 Å². The lowest BCUT2D eigenvalue weighted by molar-refractivity contribution is -0.324. The molecule has 0 aromatic rings. The predicted molar refractivity (Wildman–Crippen MR) is 51.5 cm³/mol. The second-order valence-corrected chi connectivity index (χ2v) is 4.78. The van der Waals surface area contributed by atoms with E-state index in [-0.39, 0.29) is 5.57 Å². The minimum absolute atomic E-state index is 0.0101. The van der Waals surface area contributed by atoms with Crippen molar-refractivity contribution in [2.75, 3.05) is 6.61 Å². The van der Waals surface area contributed by atoms with Gasteiger partial charge in [0.2, 0.25) is 5.72 Å². The minimum atomic E-state index is -4.68. The fourth-order valence-electron chi connectivity index (χ4n) is 1.53. The highest BCUT2D eigenvalue weighted by Crippen LogP contribution is 2.45. The fourth-order valence-corrected chi connectivity index (χ4v) is 1.53. The third kappa shape index (κ3) is 1.81. The van der Waals surface area contributed by atoms with Crippen LogP contribution in [0.25, 0.3) is 0 Å². The molecule has 16 heavy (non-hydrogen) atoms. The molecule has 1 heterocycles. The average molecular weight is 237 g/mol. The van der Waals surface area contributed by atoms with Gasteiger partial charge in [0.25, 0.3) is 5.91 Å². The van der Waals surface area contributed by atoms with E-state index in [1.54, 1.807) is 0 Å². The molecule has 3 nitrogen and oxygen atoms in total. The minimum Gasteiger partial charge on any atom is -0.342 e. The maximum atomic E-state index is 13.0. The zero-order valence-corrected chi connectivity index (χ0v) is 9.36. The molecule has 92 valence electrons. The maximum Gasteiger partial charge on any atom is 0.437 e. The smallest absolute Gasteiger partial charge is 0.342 e. The van der Waals surface area contributed by atoms with E-state index in [9.17, 15) is 18.0 Å². The number of carbonyl (C=O) groups is 1. The van der Waals surface area contributed by atoms with E-state index in [4.69, 9.17) is 4.74 Å². The van der Waals surface area contributed by atoms with Crippen molar-refractivity contribution in [3.63, 3.8) is 0 Å². The summed E-state index contributed by atoms with van der Waals surface area (Å²) in [6.45, 7) is 6.97. The highest BCUT2D eigenvalue weighted by Gasteiger charge is 2.65. The van der Waals surface area contributed by atoms with Gasteiger partial charge in [0.15, 0.2) is 0 Å². The SMILES string of the molecule is C=C1COC(C(C)(C)C)(C(F)(F)F)NC1=O. The maximum absolute atomic E-state index is 13.0. The largest absolute Gasteiger partial charge is 0.437 e. The molecule has 0 aliphatic carbocycles. The van der Waals surface area contributed by atoms with Crippen LogP contribution in [0.3, 0.4) is 0 Å². The van der Waals surface area contributed by atoms with Gasteiger partial charge in [0.1, 0.15) is 0 Å². The van der Waals surface area contributed by atoms with Crippen molar-refractivity contribution in [1.29, 1.82) is 0 Å². The number of nitrogens with one attached hydrogen (secondary N) is 1. The van der Waals surface area contributed by atoms with Crippen LogP contribution in [0, 0.1) is 5.41 Å². The Balaban J connectivity index is 3.19. The van der Waals surface area contributed by atoms with Gasteiger partial charge < -0.3 is 10.1 Å². The van der Waals surface area contributed by atoms with Crippen molar-refractivity contribution in [3.05, 3.63) is 12.2 Å². The lowest BCUT2D eigenvalue weighted by Crippen LogP contribution is -2.70. The molecule has 0 aromatic carbocycles. The molecule has 1 saturated heterocycles. The zero-order valence-electron chi connectivity index (χ0n) is 9.36. The van der Waals surface area contributed by atoms with E-state index in [1.807, 2.05) is 5.32 Å². The van der Waals surface area contributed by atoms with E-state index in [0.717, 1.165) is 0 Å². The van der Waals surface area contributed by atoms with Gasteiger partial charge in [0, 0.05) is 11.0 Å². The Morgan fingerprint density at radius 3 is 2.19 bits per heavy atom. The predicted octanol–water partition coefficient (Wildman–Crippen LogP) is 1.99. The molecule has 6 heteroatoms. The summed E-state index contributed by atoms with van der Waals surface area (Å²) in [5.41, 5.74) is -3.97. The standard InChI is InChI=1S/C10H14F3NO2/c1-6-5-16-9(8(2,3)4,10(11,12)13)14-7(6)15/h1,5H2,2-4H3,(H,14,15). The van der Waals surface area contributed by atoms with Crippen LogP contribution >= 0.6 is 0 Å². The molecule has 1 unspecified atom stereocenters. The number of hydrogen-bond acceptors (Lipinski definition) is 2. The van der Waals surface area contributed by atoms with Gasteiger partial charge in [-0.05, 0) is 0 Å². The van der Waals surface area contributed by atoms with Crippen LogP contribution in [0.2, 0.25) is 0 Å². The van der Waals surface area contributed by atoms with Crippen LogP contribution in [0.4, 0.5) is 13.2 Å². The molecular formula is C10H14F3NO2. The van der Waals surface area contributed by atoms with Gasteiger partial charge in [-0.3, -0.25) is 4.79 Å². The first kappa shape index (κ1) is 13.0. The molecule has 1 fully saturated rings. The number of halogens is 3. The van der Waals surface area contributed by atoms with E-state index in [2.05, 4.69) is 6.58 Å². The average Bonchev–Trinajstić information content (AvgIpc) is 2.05. The van der Waals surface area contributed by atoms with Crippen molar-refractivity contribution in [2.45, 2.75) is 32.7 Å². The summed E-state index contributed by atoms with van der Waals surface area (Å²) in [7, 11) is 0. The first-order valence-electron chi connectivity index (χ1n) is 4.72. The summed E-state index contributed by atoms with van der Waals surface area (Å²) in [5.74, 6) is -0.821. The first-order valence-corrected chi connectivity index (χ1v) is 4.72. The number of rotatable bonds is 0. The van der Waals surface area contributed by atoms with Crippen LogP contribution in [-0.2, 0) is 9.53 Å². The summed E-state index contributed by atoms with van der Waals surface area (Å²) < 4.78 is 43.9. The molecule has 1 amide bonds. The van der Waals surface area contributed by atoms with E-state index >= 15 is 0 Å². The molecule has 1 rings (SSSR count). The lowest BCUT2D eigenvalue weighted by atomic mass is 9.81. The molecular weight excluding hydrogens is 223 g/mol. The summed E-state index contributed by atoms with van der Waals surface area (Å²) in [6, 6.07) is 0. The highest BCUT2D eigenvalue weighted by atomic mass is 19.4. The summed E-state index contributed by atoms with van der Waals surface area (Å²) in [6.07, 6.45) is -4.68. The van der Waals surface area contributed by atoms with Crippen molar-refractivity contribution in [2.24, 2.45) is 5.41 Å². The van der Waals surface area contributed by atoms with E-state index < -0.39 is 29.8 Å². The van der Waals surface area contributed by atoms with Crippen molar-refractivity contribution >= 4 is 5.91 Å². The monoisotopic (exact) mass is 237 g/mol. The van der Waals surface area contributed by atoms with E-state index in [1.165, 1.54) is 20.8 Å². The Hall–Kier alpha value is -1.04. The van der Waals surface area contributed by atoms with Gasteiger partial charge in [-0.2, -0.15) is 13.2 Å². The van der Waals surface area contributed by atoms with Crippen LogP contribution in [-0.4, -0.2) is 24.4 Å².